The van der Waals surface area contributed by atoms with Gasteiger partial charge in [-0.25, -0.2) is 8.42 Å². The van der Waals surface area contributed by atoms with Gasteiger partial charge in [-0.15, -0.1) is 11.3 Å². The Hall–Kier alpha value is -0.480. The van der Waals surface area contributed by atoms with Gasteiger partial charge in [0, 0.05) is 19.6 Å². The maximum absolute atomic E-state index is 12.5. The van der Waals surface area contributed by atoms with Crippen LogP contribution in [0.25, 0.3) is 0 Å². The van der Waals surface area contributed by atoms with E-state index >= 15 is 0 Å². The van der Waals surface area contributed by atoms with Crippen LogP contribution in [0.2, 0.25) is 0 Å². The Kier molecular flexibility index (Phi) is 5.78. The highest BCUT2D eigenvalue weighted by molar-refractivity contribution is 9.11. The number of hydrogen-bond donors (Lipinski definition) is 2. The summed E-state index contributed by atoms with van der Waals surface area (Å²) in [6.45, 7) is 0.695. The summed E-state index contributed by atoms with van der Waals surface area (Å²) in [5, 5.41) is 11.3. The van der Waals surface area contributed by atoms with Gasteiger partial charge in [-0.05, 0) is 40.9 Å². The number of sulfonamides is 1. The van der Waals surface area contributed by atoms with Gasteiger partial charge < -0.3 is 10.4 Å². The Morgan fingerprint density at radius 3 is 2.90 bits per heavy atom. The van der Waals surface area contributed by atoms with Gasteiger partial charge in [-0.3, -0.25) is 4.79 Å². The second-order valence-electron chi connectivity index (χ2n) is 4.78. The smallest absolute Gasteiger partial charge is 0.252 e. The number of hydrogen-bond acceptors (Lipinski definition) is 5. The van der Waals surface area contributed by atoms with Crippen molar-refractivity contribution in [2.24, 2.45) is 5.92 Å². The van der Waals surface area contributed by atoms with Crippen LogP contribution in [0.15, 0.2) is 20.1 Å². The van der Waals surface area contributed by atoms with Gasteiger partial charge in [0.2, 0.25) is 5.91 Å². The molecule has 1 fully saturated rings. The molecule has 21 heavy (non-hydrogen) atoms. The van der Waals surface area contributed by atoms with E-state index in [-0.39, 0.29) is 35.7 Å². The van der Waals surface area contributed by atoms with Crippen LogP contribution in [-0.4, -0.2) is 50.0 Å². The molecule has 1 aliphatic rings. The maximum atomic E-state index is 12.5. The summed E-state index contributed by atoms with van der Waals surface area (Å²) >= 11 is 4.43. The van der Waals surface area contributed by atoms with Crippen LogP contribution in [0, 0.1) is 5.92 Å². The quantitative estimate of drug-likeness (QED) is 0.777. The van der Waals surface area contributed by atoms with Crippen LogP contribution < -0.4 is 5.32 Å². The molecule has 9 heteroatoms. The molecule has 2 rings (SSSR count). The largest absolute Gasteiger partial charge is 0.395 e. The lowest BCUT2D eigenvalue weighted by Crippen LogP contribution is -2.45. The molecule has 2 N–H and O–H groups in total. The molecule has 0 aromatic carbocycles. The van der Waals surface area contributed by atoms with Crippen molar-refractivity contribution in [2.45, 2.75) is 17.1 Å². The molecule has 1 aromatic heterocycles. The molecule has 1 saturated heterocycles. The van der Waals surface area contributed by atoms with Gasteiger partial charge in [0.1, 0.15) is 4.21 Å². The van der Waals surface area contributed by atoms with E-state index in [1.165, 1.54) is 15.6 Å². The van der Waals surface area contributed by atoms with Gasteiger partial charge in [0.05, 0.1) is 16.3 Å². The number of aliphatic hydroxyl groups excluding tert-OH is 1. The molecule has 1 aromatic rings. The van der Waals surface area contributed by atoms with Crippen molar-refractivity contribution >= 4 is 43.2 Å². The lowest BCUT2D eigenvalue weighted by molar-refractivity contribution is -0.126. The van der Waals surface area contributed by atoms with Crippen molar-refractivity contribution in [2.75, 3.05) is 26.2 Å². The van der Waals surface area contributed by atoms with Gasteiger partial charge in [0.15, 0.2) is 0 Å². The van der Waals surface area contributed by atoms with E-state index < -0.39 is 10.0 Å². The van der Waals surface area contributed by atoms with Crippen molar-refractivity contribution in [3.05, 3.63) is 15.9 Å². The average Bonchev–Trinajstić information content (AvgIpc) is 2.92. The maximum Gasteiger partial charge on any atom is 0.252 e. The van der Waals surface area contributed by atoms with Gasteiger partial charge in [0.25, 0.3) is 10.0 Å². The first-order chi connectivity index (χ1) is 9.95. The number of amides is 1. The highest BCUT2D eigenvalue weighted by Crippen LogP contribution is 2.30. The van der Waals surface area contributed by atoms with E-state index in [1.807, 2.05) is 0 Å². The molecule has 118 valence electrons. The fourth-order valence-corrected chi connectivity index (χ4v) is 5.95. The molecule has 0 bridgehead atoms. The number of thiophene rings is 1. The molecule has 2 heterocycles. The van der Waals surface area contributed by atoms with Gasteiger partial charge in [-0.1, -0.05) is 0 Å². The third kappa shape index (κ3) is 4.04. The molecule has 1 atom stereocenters. The van der Waals surface area contributed by atoms with Crippen LogP contribution in [0.5, 0.6) is 0 Å². The predicted octanol–water partition coefficient (Wildman–Crippen LogP) is 1.02. The second-order valence-corrected chi connectivity index (χ2v) is 9.40. The molecule has 0 spiro atoms. The number of halogens is 1. The summed E-state index contributed by atoms with van der Waals surface area (Å²) < 4.78 is 27.5. The number of rotatable bonds is 5. The van der Waals surface area contributed by atoms with E-state index in [1.54, 1.807) is 12.1 Å². The van der Waals surface area contributed by atoms with Crippen LogP contribution in [0.4, 0.5) is 0 Å². The van der Waals surface area contributed by atoms with Crippen LogP contribution in [0.1, 0.15) is 12.8 Å². The molecule has 6 nitrogen and oxygen atoms in total. The Labute approximate surface area is 136 Å². The molecule has 0 saturated carbocycles. The lowest BCUT2D eigenvalue weighted by atomic mass is 9.99. The standard InChI is InChI=1S/C12H17BrN2O4S2/c13-10-3-4-11(20-10)21(18,19)15-6-1-2-9(8-15)12(17)14-5-7-16/h3-4,9,16H,1-2,5-8H2,(H,14,17). The minimum absolute atomic E-state index is 0.121. The third-order valence-corrected chi connectivity index (χ3v) is 7.26. The van der Waals surface area contributed by atoms with E-state index in [9.17, 15) is 13.2 Å². The van der Waals surface area contributed by atoms with Crippen molar-refractivity contribution in [1.82, 2.24) is 9.62 Å². The van der Waals surface area contributed by atoms with Crippen LogP contribution >= 0.6 is 27.3 Å². The fourth-order valence-electron chi connectivity index (χ4n) is 2.26. The van der Waals surface area contributed by atoms with E-state index in [0.717, 1.165) is 3.79 Å². The zero-order valence-corrected chi connectivity index (χ0v) is 14.5. The molecule has 1 aliphatic heterocycles. The summed E-state index contributed by atoms with van der Waals surface area (Å²) in [5.41, 5.74) is 0. The summed E-state index contributed by atoms with van der Waals surface area (Å²) in [6, 6.07) is 3.27. The van der Waals surface area contributed by atoms with E-state index in [0.29, 0.717) is 19.4 Å². The minimum atomic E-state index is -3.54. The minimum Gasteiger partial charge on any atom is -0.395 e. The number of aliphatic hydroxyl groups is 1. The predicted molar refractivity (Wildman–Crippen MR) is 83.6 cm³/mol. The third-order valence-electron chi connectivity index (χ3n) is 3.31. The highest BCUT2D eigenvalue weighted by atomic mass is 79.9. The Morgan fingerprint density at radius 2 is 2.29 bits per heavy atom. The van der Waals surface area contributed by atoms with Crippen molar-refractivity contribution in [3.8, 4) is 0 Å². The second kappa shape index (κ2) is 7.19. The first-order valence-electron chi connectivity index (χ1n) is 6.59. The van der Waals surface area contributed by atoms with Crippen molar-refractivity contribution in [1.29, 1.82) is 0 Å². The van der Waals surface area contributed by atoms with E-state index in [2.05, 4.69) is 21.2 Å². The average molecular weight is 397 g/mol. The normalized spacial score (nSPS) is 20.4. The number of carbonyl (C=O) groups excluding carboxylic acids is 1. The first kappa shape index (κ1) is 16.9. The fraction of sp³-hybridized carbons (Fsp3) is 0.583. The lowest BCUT2D eigenvalue weighted by Gasteiger charge is -2.30. The topological polar surface area (TPSA) is 86.7 Å². The number of carbonyl (C=O) groups is 1. The Morgan fingerprint density at radius 1 is 1.52 bits per heavy atom. The summed E-state index contributed by atoms with van der Waals surface area (Å²) in [5.74, 6) is -0.556. The van der Waals surface area contributed by atoms with Crippen LogP contribution in [-0.2, 0) is 14.8 Å². The molecule has 0 radical (unpaired) electrons. The summed E-state index contributed by atoms with van der Waals surface area (Å²) in [7, 11) is -3.54. The Bertz CT molecular complexity index is 602. The van der Waals surface area contributed by atoms with Gasteiger partial charge >= 0.3 is 0 Å². The summed E-state index contributed by atoms with van der Waals surface area (Å²) in [4.78, 5) is 11.9. The van der Waals surface area contributed by atoms with E-state index in [4.69, 9.17) is 5.11 Å². The molecular formula is C12H17BrN2O4S2. The van der Waals surface area contributed by atoms with Crippen LogP contribution in [0.3, 0.4) is 0 Å². The molecule has 1 amide bonds. The van der Waals surface area contributed by atoms with Gasteiger partial charge in [-0.2, -0.15) is 4.31 Å². The molecule has 1 unspecified atom stereocenters. The monoisotopic (exact) mass is 396 g/mol. The molecule has 0 aliphatic carbocycles. The highest BCUT2D eigenvalue weighted by Gasteiger charge is 2.33. The zero-order chi connectivity index (χ0) is 15.5. The summed E-state index contributed by atoms with van der Waals surface area (Å²) in [6.07, 6.45) is 1.32. The SMILES string of the molecule is O=C(NCCO)C1CCCN(S(=O)(=O)c2ccc(Br)s2)C1. The number of piperidine rings is 1. The van der Waals surface area contributed by atoms with Crippen molar-refractivity contribution < 1.29 is 18.3 Å². The first-order valence-corrected chi connectivity index (χ1v) is 9.64. The zero-order valence-electron chi connectivity index (χ0n) is 11.3. The Balaban J connectivity index is 2.08. The molecular weight excluding hydrogens is 380 g/mol. The number of nitrogens with one attached hydrogen (secondary N) is 1. The number of nitrogens with zero attached hydrogens (tertiary/aromatic N) is 1. The van der Waals surface area contributed by atoms with Crippen molar-refractivity contribution in [3.63, 3.8) is 0 Å².